The number of carbonyl (C=O) groups excluding carboxylic acids is 4. The molecular weight excluding hydrogens is 264 g/mol. The maximum Gasteiger partial charge on any atom is 0.531 e. The number of carboxylic acid groups (broad SMARTS) is 1. The van der Waals surface area contributed by atoms with Crippen molar-refractivity contribution >= 4 is 29.8 Å². The van der Waals surface area contributed by atoms with Gasteiger partial charge in [0.15, 0.2) is 0 Å². The van der Waals surface area contributed by atoms with E-state index in [1.165, 1.54) is 0 Å². The fraction of sp³-hybridized carbons (Fsp3) is 0.444. The number of hydrogen-bond donors (Lipinski definition) is 2. The number of nitrogens with zero attached hydrogens (tertiary/aromatic N) is 2. The van der Waals surface area contributed by atoms with Crippen molar-refractivity contribution in [2.24, 2.45) is 0 Å². The summed E-state index contributed by atoms with van der Waals surface area (Å²) in [7, 11) is 0. The molecule has 0 aromatic rings. The zero-order valence-electron chi connectivity index (χ0n) is 9.36. The average molecular weight is 272 g/mol. The Kier molecular flexibility index (Phi) is 2.74. The molecule has 2 rings (SSSR count). The van der Waals surface area contributed by atoms with Crippen molar-refractivity contribution in [3.8, 4) is 0 Å². The quantitative estimate of drug-likeness (QED) is 0.560. The Labute approximate surface area is 105 Å². The Balaban J connectivity index is 2.33. The lowest BCUT2D eigenvalue weighted by molar-refractivity contribution is -0.192. The predicted octanol–water partition coefficient (Wildman–Crippen LogP) is -1.81. The lowest BCUT2D eigenvalue weighted by atomic mass is 10.1. The lowest BCUT2D eigenvalue weighted by Gasteiger charge is -2.28. The molecule has 0 aromatic carbocycles. The van der Waals surface area contributed by atoms with Gasteiger partial charge in [-0.15, -0.1) is 0 Å². The topological polar surface area (TPSA) is 142 Å². The van der Waals surface area contributed by atoms with Gasteiger partial charge in [-0.3, -0.25) is 24.0 Å². The van der Waals surface area contributed by atoms with Gasteiger partial charge in [-0.05, 0) is 0 Å². The Bertz CT molecular complexity index is 498. The molecule has 10 heteroatoms. The van der Waals surface area contributed by atoms with Gasteiger partial charge in [0.1, 0.15) is 0 Å². The first-order valence-electron chi connectivity index (χ1n) is 5.14. The van der Waals surface area contributed by atoms with Crippen LogP contribution in [-0.4, -0.2) is 55.7 Å². The molecule has 0 spiro atoms. The second kappa shape index (κ2) is 4.02. The molecule has 0 bridgehead atoms. The van der Waals surface area contributed by atoms with Crippen LogP contribution in [0.4, 0.5) is 4.79 Å². The van der Waals surface area contributed by atoms with Gasteiger partial charge in [-0.1, -0.05) is 5.06 Å². The Morgan fingerprint density at radius 3 is 2.11 bits per heavy atom. The highest BCUT2D eigenvalue weighted by atomic mass is 16.8. The van der Waals surface area contributed by atoms with Gasteiger partial charge in [0.05, 0.1) is 6.42 Å². The van der Waals surface area contributed by atoms with Crippen LogP contribution in [-0.2, 0) is 24.0 Å². The van der Waals surface area contributed by atoms with Crippen molar-refractivity contribution in [1.82, 2.24) is 9.96 Å². The first-order valence-corrected chi connectivity index (χ1v) is 5.14. The molecule has 0 saturated carbocycles. The smallest absolute Gasteiger partial charge is 0.448 e. The molecule has 0 aromatic heterocycles. The number of hydrogen-bond acceptors (Lipinski definition) is 7. The second-order valence-corrected chi connectivity index (χ2v) is 3.97. The standard InChI is InChI=1S/C9H8N2O8/c12-4-1-2-5(13)10(4)9(18)3-6(14)11(7(9)15)19-8(16)17/h18H,1-3H2,(H,16,17). The molecule has 2 aliphatic rings. The van der Waals surface area contributed by atoms with Crippen LogP contribution >= 0.6 is 0 Å². The summed E-state index contributed by atoms with van der Waals surface area (Å²) in [6.07, 6.45) is -3.26. The Morgan fingerprint density at radius 2 is 1.63 bits per heavy atom. The Hall–Kier alpha value is -2.49. The molecule has 1 atom stereocenters. The number of likely N-dealkylation sites (tertiary alicyclic amines) is 1. The van der Waals surface area contributed by atoms with Crippen LogP contribution in [0.15, 0.2) is 0 Å². The van der Waals surface area contributed by atoms with Crippen LogP contribution in [0, 0.1) is 0 Å². The molecule has 1 unspecified atom stereocenters. The summed E-state index contributed by atoms with van der Waals surface area (Å²) in [4.78, 5) is 60.6. The molecule has 2 N–H and O–H groups in total. The summed E-state index contributed by atoms with van der Waals surface area (Å²) >= 11 is 0. The molecule has 0 radical (unpaired) electrons. The second-order valence-electron chi connectivity index (χ2n) is 3.97. The molecule has 2 fully saturated rings. The van der Waals surface area contributed by atoms with E-state index in [4.69, 9.17) is 5.11 Å². The monoisotopic (exact) mass is 272 g/mol. The minimum absolute atomic E-state index is 0.179. The summed E-state index contributed by atoms with van der Waals surface area (Å²) in [5, 5.41) is 18.2. The Morgan fingerprint density at radius 1 is 1.11 bits per heavy atom. The highest BCUT2D eigenvalue weighted by Crippen LogP contribution is 2.32. The third kappa shape index (κ3) is 1.81. The van der Waals surface area contributed by atoms with Crippen LogP contribution in [0.3, 0.4) is 0 Å². The normalized spacial score (nSPS) is 27.4. The van der Waals surface area contributed by atoms with E-state index in [1.807, 2.05) is 0 Å². The molecular formula is C9H8N2O8. The minimum atomic E-state index is -2.71. The van der Waals surface area contributed by atoms with Crippen molar-refractivity contribution < 1.29 is 39.0 Å². The van der Waals surface area contributed by atoms with Gasteiger partial charge in [-0.25, -0.2) is 9.69 Å². The first kappa shape index (κ1) is 13.0. The zero-order chi connectivity index (χ0) is 14.4. The van der Waals surface area contributed by atoms with E-state index in [2.05, 4.69) is 4.84 Å². The van der Waals surface area contributed by atoms with Crippen LogP contribution in [0.25, 0.3) is 0 Å². The summed E-state index contributed by atoms with van der Waals surface area (Å²) in [6, 6.07) is 0. The van der Waals surface area contributed by atoms with E-state index < -0.39 is 41.9 Å². The SMILES string of the molecule is O=C(O)ON1C(=O)CC(O)(N2C(=O)CCC2=O)C1=O. The molecule has 19 heavy (non-hydrogen) atoms. The molecule has 0 aliphatic carbocycles. The number of carbonyl (C=O) groups is 5. The number of amides is 4. The van der Waals surface area contributed by atoms with E-state index >= 15 is 0 Å². The molecule has 102 valence electrons. The van der Waals surface area contributed by atoms with Gasteiger partial charge in [0, 0.05) is 12.8 Å². The van der Waals surface area contributed by atoms with Crippen LogP contribution in [0.1, 0.15) is 19.3 Å². The molecule has 10 nitrogen and oxygen atoms in total. The maximum absolute atomic E-state index is 11.8. The van der Waals surface area contributed by atoms with Crippen LogP contribution in [0.2, 0.25) is 0 Å². The molecule has 2 heterocycles. The van der Waals surface area contributed by atoms with Crippen molar-refractivity contribution in [2.75, 3.05) is 0 Å². The van der Waals surface area contributed by atoms with Gasteiger partial charge in [0.2, 0.25) is 17.5 Å². The fourth-order valence-electron chi connectivity index (χ4n) is 1.97. The van der Waals surface area contributed by atoms with E-state index in [0.717, 1.165) is 0 Å². The van der Waals surface area contributed by atoms with Crippen molar-refractivity contribution in [3.63, 3.8) is 0 Å². The van der Waals surface area contributed by atoms with Gasteiger partial charge in [-0.2, -0.15) is 0 Å². The van der Waals surface area contributed by atoms with Crippen molar-refractivity contribution in [1.29, 1.82) is 0 Å². The van der Waals surface area contributed by atoms with E-state index in [-0.39, 0.29) is 22.8 Å². The number of imide groups is 2. The number of rotatable bonds is 2. The number of hydroxylamine groups is 2. The van der Waals surface area contributed by atoms with Gasteiger partial charge < -0.3 is 10.2 Å². The van der Waals surface area contributed by atoms with E-state index in [9.17, 15) is 29.1 Å². The first-order chi connectivity index (χ1) is 8.77. The maximum atomic E-state index is 11.8. The highest BCUT2D eigenvalue weighted by molar-refractivity contribution is 6.13. The van der Waals surface area contributed by atoms with Gasteiger partial charge >= 0.3 is 12.1 Å². The molecule has 2 aliphatic heterocycles. The van der Waals surface area contributed by atoms with E-state index in [1.54, 1.807) is 0 Å². The molecule has 2 saturated heterocycles. The van der Waals surface area contributed by atoms with Crippen molar-refractivity contribution in [2.45, 2.75) is 25.0 Å². The van der Waals surface area contributed by atoms with Crippen LogP contribution < -0.4 is 0 Å². The third-order valence-electron chi connectivity index (χ3n) is 2.74. The fourth-order valence-corrected chi connectivity index (χ4v) is 1.97. The summed E-state index contributed by atoms with van der Waals surface area (Å²) < 4.78 is 0. The third-order valence-corrected chi connectivity index (χ3v) is 2.74. The molecule has 4 amide bonds. The lowest BCUT2D eigenvalue weighted by Crippen LogP contribution is -2.56. The van der Waals surface area contributed by atoms with Crippen molar-refractivity contribution in [3.05, 3.63) is 0 Å². The summed E-state index contributed by atoms with van der Waals surface area (Å²) in [5.74, 6) is -4.28. The average Bonchev–Trinajstić information content (AvgIpc) is 2.73. The summed E-state index contributed by atoms with van der Waals surface area (Å²) in [5.41, 5.74) is -2.71. The largest absolute Gasteiger partial charge is 0.531 e. The minimum Gasteiger partial charge on any atom is -0.448 e. The zero-order valence-corrected chi connectivity index (χ0v) is 9.36. The summed E-state index contributed by atoms with van der Waals surface area (Å²) in [6.45, 7) is 0. The van der Waals surface area contributed by atoms with Crippen LogP contribution in [0.5, 0.6) is 0 Å². The van der Waals surface area contributed by atoms with Gasteiger partial charge in [0.25, 0.3) is 5.91 Å². The number of aliphatic hydroxyl groups is 1. The van der Waals surface area contributed by atoms with E-state index in [0.29, 0.717) is 0 Å². The highest BCUT2D eigenvalue weighted by Gasteiger charge is 2.61. The predicted molar refractivity (Wildman–Crippen MR) is 51.6 cm³/mol.